The van der Waals surface area contributed by atoms with Crippen LogP contribution in [0.25, 0.3) is 0 Å². The minimum absolute atomic E-state index is 0.0838. The molecule has 1 fully saturated rings. The van der Waals surface area contributed by atoms with Gasteiger partial charge in [0.2, 0.25) is 0 Å². The molecule has 1 atom stereocenters. The largest absolute Gasteiger partial charge is 0.493 e. The molecule has 1 aliphatic heterocycles. The van der Waals surface area contributed by atoms with E-state index in [4.69, 9.17) is 4.74 Å². The van der Waals surface area contributed by atoms with Gasteiger partial charge in [-0.1, -0.05) is 31.0 Å². The number of ketones is 1. The van der Waals surface area contributed by atoms with E-state index < -0.39 is 0 Å². The summed E-state index contributed by atoms with van der Waals surface area (Å²) in [6.45, 7) is 0.797. The van der Waals surface area contributed by atoms with Crippen molar-refractivity contribution < 1.29 is 9.53 Å². The maximum absolute atomic E-state index is 12.2. The second kappa shape index (κ2) is 5.13. The molecular weight excluding hydrogens is 224 g/mol. The number of para-hydroxylation sites is 1. The molecule has 0 bridgehead atoms. The van der Waals surface area contributed by atoms with Crippen molar-refractivity contribution in [2.24, 2.45) is 0 Å². The lowest BCUT2D eigenvalue weighted by Crippen LogP contribution is -2.16. The van der Waals surface area contributed by atoms with Crippen LogP contribution in [0.15, 0.2) is 18.2 Å². The maximum atomic E-state index is 12.2. The smallest absolute Gasteiger partial charge is 0.140 e. The minimum Gasteiger partial charge on any atom is -0.493 e. The summed E-state index contributed by atoms with van der Waals surface area (Å²) in [4.78, 5) is 12.2. The highest BCUT2D eigenvalue weighted by Crippen LogP contribution is 2.38. The zero-order chi connectivity index (χ0) is 12.4. The second-order valence-corrected chi connectivity index (χ2v) is 5.41. The highest BCUT2D eigenvalue weighted by Gasteiger charge is 2.27. The van der Waals surface area contributed by atoms with E-state index in [1.54, 1.807) is 0 Å². The van der Waals surface area contributed by atoms with Crippen LogP contribution in [-0.4, -0.2) is 12.4 Å². The third kappa shape index (κ3) is 2.16. The Morgan fingerprint density at radius 1 is 1.06 bits per heavy atom. The Kier molecular flexibility index (Phi) is 3.35. The van der Waals surface area contributed by atoms with Crippen molar-refractivity contribution in [1.82, 2.24) is 0 Å². The van der Waals surface area contributed by atoms with Crippen LogP contribution in [0.1, 0.15) is 55.6 Å². The van der Waals surface area contributed by atoms with E-state index in [9.17, 15) is 4.79 Å². The number of rotatable bonds is 1. The van der Waals surface area contributed by atoms with Gasteiger partial charge in [-0.25, -0.2) is 0 Å². The van der Waals surface area contributed by atoms with Gasteiger partial charge in [0.05, 0.1) is 6.61 Å². The molecular formula is C16H20O2. The van der Waals surface area contributed by atoms with Crippen LogP contribution in [-0.2, 0) is 11.2 Å². The number of aryl methyl sites for hydroxylation is 1. The lowest BCUT2D eigenvalue weighted by Gasteiger charge is -2.23. The Hall–Kier alpha value is -1.31. The molecule has 1 heterocycles. The van der Waals surface area contributed by atoms with Crippen molar-refractivity contribution in [1.29, 1.82) is 0 Å². The van der Waals surface area contributed by atoms with Crippen molar-refractivity contribution in [2.45, 2.75) is 50.9 Å². The number of benzene rings is 1. The first kappa shape index (κ1) is 11.8. The number of carbonyl (C=O) groups is 1. The van der Waals surface area contributed by atoms with Crippen LogP contribution < -0.4 is 4.74 Å². The Morgan fingerprint density at radius 3 is 2.94 bits per heavy atom. The molecule has 2 nitrogen and oxygen atoms in total. The van der Waals surface area contributed by atoms with E-state index in [-0.39, 0.29) is 5.92 Å². The van der Waals surface area contributed by atoms with Gasteiger partial charge in [-0.2, -0.15) is 0 Å². The molecule has 0 spiro atoms. The Balaban J connectivity index is 1.97. The van der Waals surface area contributed by atoms with Crippen LogP contribution in [0.5, 0.6) is 5.75 Å². The summed E-state index contributed by atoms with van der Waals surface area (Å²) in [5.74, 6) is 1.51. The molecule has 1 saturated carbocycles. The fraction of sp³-hybridized carbons (Fsp3) is 0.562. The predicted molar refractivity (Wildman–Crippen MR) is 71.1 cm³/mol. The zero-order valence-electron chi connectivity index (χ0n) is 10.8. The van der Waals surface area contributed by atoms with E-state index in [2.05, 4.69) is 18.2 Å². The first-order valence-electron chi connectivity index (χ1n) is 7.13. The average Bonchev–Trinajstić information content (AvgIpc) is 2.63. The summed E-state index contributed by atoms with van der Waals surface area (Å²) in [7, 11) is 0. The van der Waals surface area contributed by atoms with Gasteiger partial charge in [-0.3, -0.25) is 4.79 Å². The van der Waals surface area contributed by atoms with Gasteiger partial charge in [-0.15, -0.1) is 0 Å². The number of fused-ring (bicyclic) bond motifs is 1. The van der Waals surface area contributed by atoms with Crippen LogP contribution in [0.4, 0.5) is 0 Å². The molecule has 0 saturated heterocycles. The highest BCUT2D eigenvalue weighted by atomic mass is 16.5. The van der Waals surface area contributed by atoms with Gasteiger partial charge in [0.15, 0.2) is 0 Å². The normalized spacial score (nSPS) is 24.0. The van der Waals surface area contributed by atoms with Crippen molar-refractivity contribution in [3.63, 3.8) is 0 Å². The third-order valence-corrected chi connectivity index (χ3v) is 4.14. The van der Waals surface area contributed by atoms with Gasteiger partial charge >= 0.3 is 0 Å². The molecule has 2 heteroatoms. The molecule has 1 unspecified atom stereocenters. The molecule has 1 aromatic carbocycles. The second-order valence-electron chi connectivity index (χ2n) is 5.41. The molecule has 0 amide bonds. The first-order valence-corrected chi connectivity index (χ1v) is 7.13. The summed E-state index contributed by atoms with van der Waals surface area (Å²) >= 11 is 0. The first-order chi connectivity index (χ1) is 8.86. The Labute approximate surface area is 108 Å². The number of hydrogen-bond acceptors (Lipinski definition) is 2. The highest BCUT2D eigenvalue weighted by molar-refractivity contribution is 5.86. The van der Waals surface area contributed by atoms with E-state index in [1.165, 1.54) is 18.4 Å². The van der Waals surface area contributed by atoms with Gasteiger partial charge in [0.1, 0.15) is 11.5 Å². The van der Waals surface area contributed by atoms with E-state index in [1.807, 2.05) is 0 Å². The number of ether oxygens (including phenoxy) is 1. The summed E-state index contributed by atoms with van der Waals surface area (Å²) < 4.78 is 5.84. The average molecular weight is 244 g/mol. The molecule has 1 aliphatic carbocycles. The van der Waals surface area contributed by atoms with E-state index in [0.29, 0.717) is 5.78 Å². The van der Waals surface area contributed by atoms with Crippen molar-refractivity contribution in [2.75, 3.05) is 6.61 Å². The molecule has 96 valence electrons. The van der Waals surface area contributed by atoms with Gasteiger partial charge in [0, 0.05) is 17.9 Å². The topological polar surface area (TPSA) is 26.3 Å². The summed E-state index contributed by atoms with van der Waals surface area (Å²) in [5.41, 5.74) is 2.44. The molecule has 1 aromatic rings. The molecule has 2 aliphatic rings. The quantitative estimate of drug-likeness (QED) is 0.705. The van der Waals surface area contributed by atoms with Crippen LogP contribution in [0.3, 0.4) is 0 Å². The Bertz CT molecular complexity index is 450. The lowest BCUT2D eigenvalue weighted by molar-refractivity contribution is -0.120. The Morgan fingerprint density at radius 2 is 2.00 bits per heavy atom. The fourth-order valence-electron chi connectivity index (χ4n) is 3.18. The third-order valence-electron chi connectivity index (χ3n) is 4.14. The monoisotopic (exact) mass is 244 g/mol. The fourth-order valence-corrected chi connectivity index (χ4v) is 3.18. The van der Waals surface area contributed by atoms with E-state index in [0.717, 1.165) is 50.0 Å². The summed E-state index contributed by atoms with van der Waals surface area (Å²) in [6, 6.07) is 6.32. The van der Waals surface area contributed by atoms with Crippen LogP contribution in [0, 0.1) is 0 Å². The standard InChI is InChI=1S/C16H20O2/c17-15-10-3-1-2-8-13(15)14-9-4-6-12-7-5-11-18-16(12)14/h4,6,9,13H,1-3,5,7-8,10-11H2. The maximum Gasteiger partial charge on any atom is 0.140 e. The summed E-state index contributed by atoms with van der Waals surface area (Å²) in [6.07, 6.45) is 7.34. The number of carbonyl (C=O) groups excluding carboxylic acids is 1. The van der Waals surface area contributed by atoms with E-state index >= 15 is 0 Å². The van der Waals surface area contributed by atoms with Gasteiger partial charge in [0.25, 0.3) is 0 Å². The van der Waals surface area contributed by atoms with Crippen molar-refractivity contribution in [3.05, 3.63) is 29.3 Å². The van der Waals surface area contributed by atoms with Crippen LogP contribution >= 0.6 is 0 Å². The SMILES string of the molecule is O=C1CCCCCC1c1cccc2c1OCCC2. The molecule has 3 rings (SSSR count). The van der Waals surface area contributed by atoms with Crippen molar-refractivity contribution >= 4 is 5.78 Å². The number of hydrogen-bond donors (Lipinski definition) is 0. The molecule has 0 aromatic heterocycles. The lowest BCUT2D eigenvalue weighted by atomic mass is 9.87. The van der Waals surface area contributed by atoms with Gasteiger partial charge < -0.3 is 4.74 Å². The number of Topliss-reactive ketones (excluding diaryl/α,β-unsaturated/α-hetero) is 1. The minimum atomic E-state index is 0.0838. The summed E-state index contributed by atoms with van der Waals surface area (Å²) in [5, 5.41) is 0. The van der Waals surface area contributed by atoms with Crippen LogP contribution in [0.2, 0.25) is 0 Å². The molecule has 0 radical (unpaired) electrons. The zero-order valence-corrected chi connectivity index (χ0v) is 10.8. The molecule has 0 N–H and O–H groups in total. The molecule has 18 heavy (non-hydrogen) atoms. The van der Waals surface area contributed by atoms with Crippen molar-refractivity contribution in [3.8, 4) is 5.75 Å². The predicted octanol–water partition coefficient (Wildman–Crippen LogP) is 3.63. The van der Waals surface area contributed by atoms with Gasteiger partial charge in [-0.05, 0) is 31.2 Å².